The Kier molecular flexibility index (Phi) is 9.17. The van der Waals surface area contributed by atoms with Gasteiger partial charge in [-0.25, -0.2) is 0 Å². The van der Waals surface area contributed by atoms with Gasteiger partial charge in [-0.1, -0.05) is 30.3 Å². The predicted octanol–water partition coefficient (Wildman–Crippen LogP) is 6.44. The Morgan fingerprint density at radius 1 is 0.909 bits per heavy atom. The molecule has 33 heavy (non-hydrogen) atoms. The second-order valence-corrected chi connectivity index (χ2v) is 7.55. The molecular formula is C23H22Cl2N6O2. The van der Waals surface area contributed by atoms with E-state index in [-0.39, 0.29) is 5.69 Å². The standard InChI is InChI=1S/C23H22Cl2N6O2/c24-14-16-30(17-15-25)21-10-6-19(7-11-21)26-28-23(18-4-2-1-3-5-18)29-27-20-8-12-22(13-9-20)31(32)33/h1-13,26H,14-17H2. The zero-order valence-electron chi connectivity index (χ0n) is 17.6. The number of hydrogen-bond donors (Lipinski definition) is 1. The summed E-state index contributed by atoms with van der Waals surface area (Å²) in [5.41, 5.74) is 6.04. The second-order valence-electron chi connectivity index (χ2n) is 6.80. The summed E-state index contributed by atoms with van der Waals surface area (Å²) in [4.78, 5) is 12.5. The number of alkyl halides is 2. The van der Waals surface area contributed by atoms with Crippen LogP contribution in [-0.2, 0) is 0 Å². The first-order valence-electron chi connectivity index (χ1n) is 10.1. The molecule has 170 valence electrons. The normalized spacial score (nSPS) is 11.5. The van der Waals surface area contributed by atoms with Gasteiger partial charge in [0.15, 0.2) is 0 Å². The highest BCUT2D eigenvalue weighted by Gasteiger charge is 2.07. The molecule has 0 spiro atoms. The molecule has 0 aromatic heterocycles. The van der Waals surface area contributed by atoms with Crippen LogP contribution >= 0.6 is 23.2 Å². The van der Waals surface area contributed by atoms with Crippen LogP contribution in [0, 0.1) is 10.1 Å². The van der Waals surface area contributed by atoms with Gasteiger partial charge in [-0.15, -0.1) is 33.4 Å². The van der Waals surface area contributed by atoms with Gasteiger partial charge in [-0.2, -0.15) is 5.10 Å². The quantitative estimate of drug-likeness (QED) is 0.0893. The molecule has 8 nitrogen and oxygen atoms in total. The molecule has 0 aliphatic heterocycles. The number of non-ortho nitro benzene ring substituents is 1. The van der Waals surface area contributed by atoms with Crippen LogP contribution < -0.4 is 10.3 Å². The smallest absolute Gasteiger partial charge is 0.269 e. The summed E-state index contributed by atoms with van der Waals surface area (Å²) in [6.45, 7) is 1.42. The topological polar surface area (TPSA) is 95.5 Å². The molecule has 0 saturated heterocycles. The number of nitrogens with one attached hydrogen (secondary N) is 1. The van der Waals surface area contributed by atoms with Crippen molar-refractivity contribution in [2.45, 2.75) is 0 Å². The summed E-state index contributed by atoms with van der Waals surface area (Å²) in [7, 11) is 0. The average Bonchev–Trinajstić information content (AvgIpc) is 2.85. The van der Waals surface area contributed by atoms with Gasteiger partial charge in [-0.3, -0.25) is 15.5 Å². The molecule has 0 aliphatic rings. The fourth-order valence-electron chi connectivity index (χ4n) is 2.92. The number of nitro groups is 1. The molecule has 3 aromatic rings. The zero-order chi connectivity index (χ0) is 23.5. The molecule has 3 aromatic carbocycles. The van der Waals surface area contributed by atoms with Gasteiger partial charge < -0.3 is 4.90 Å². The lowest BCUT2D eigenvalue weighted by Gasteiger charge is -2.22. The Bertz CT molecular complexity index is 1080. The van der Waals surface area contributed by atoms with Crippen molar-refractivity contribution in [1.82, 2.24) is 0 Å². The van der Waals surface area contributed by atoms with Crippen molar-refractivity contribution < 1.29 is 4.92 Å². The number of amidine groups is 1. The molecule has 0 heterocycles. The van der Waals surface area contributed by atoms with E-state index in [4.69, 9.17) is 23.2 Å². The summed E-state index contributed by atoms with van der Waals surface area (Å²) in [5.74, 6) is 1.40. The first kappa shape index (κ1) is 24.2. The fourth-order valence-corrected chi connectivity index (χ4v) is 3.32. The maximum Gasteiger partial charge on any atom is 0.269 e. The predicted molar refractivity (Wildman–Crippen MR) is 134 cm³/mol. The number of benzene rings is 3. The second kappa shape index (κ2) is 12.5. The van der Waals surface area contributed by atoms with E-state index in [9.17, 15) is 10.1 Å². The Labute approximate surface area is 201 Å². The molecule has 0 amide bonds. The third-order valence-corrected chi connectivity index (χ3v) is 4.92. The lowest BCUT2D eigenvalue weighted by Crippen LogP contribution is -2.27. The lowest BCUT2D eigenvalue weighted by molar-refractivity contribution is -0.384. The van der Waals surface area contributed by atoms with Gasteiger partial charge in [0.05, 0.1) is 16.3 Å². The highest BCUT2D eigenvalue weighted by atomic mass is 35.5. The molecule has 3 rings (SSSR count). The third-order valence-electron chi connectivity index (χ3n) is 4.58. The summed E-state index contributed by atoms with van der Waals surface area (Å²) in [6.07, 6.45) is 0. The maximum absolute atomic E-state index is 10.8. The van der Waals surface area contributed by atoms with Gasteiger partial charge in [0.1, 0.15) is 0 Å². The van der Waals surface area contributed by atoms with E-state index in [0.29, 0.717) is 36.4 Å². The van der Waals surface area contributed by atoms with Crippen LogP contribution in [0.3, 0.4) is 0 Å². The lowest BCUT2D eigenvalue weighted by atomic mass is 10.2. The molecular weight excluding hydrogens is 463 g/mol. The molecule has 0 aliphatic carbocycles. The summed E-state index contributed by atoms with van der Waals surface area (Å²) in [5, 5.41) is 23.7. The first-order chi connectivity index (χ1) is 16.1. The van der Waals surface area contributed by atoms with Crippen LogP contribution in [0.5, 0.6) is 0 Å². The SMILES string of the molecule is O=[N+]([O-])c1ccc(N=NC(=NNc2ccc(N(CCCl)CCCl)cc2)c2ccccc2)cc1. The Morgan fingerprint density at radius 3 is 2.12 bits per heavy atom. The van der Waals surface area contributed by atoms with Gasteiger partial charge in [0.2, 0.25) is 5.84 Å². The fraction of sp³-hybridized carbons (Fsp3) is 0.174. The van der Waals surface area contributed by atoms with Crippen LogP contribution in [0.15, 0.2) is 94.2 Å². The minimum atomic E-state index is -0.461. The average molecular weight is 485 g/mol. The Hall–Kier alpha value is -3.49. The zero-order valence-corrected chi connectivity index (χ0v) is 19.2. The molecule has 0 fully saturated rings. The number of nitro benzene ring substituents is 1. The Morgan fingerprint density at radius 2 is 1.55 bits per heavy atom. The van der Waals surface area contributed by atoms with Gasteiger partial charge >= 0.3 is 0 Å². The number of nitrogens with zero attached hydrogens (tertiary/aromatic N) is 5. The van der Waals surface area contributed by atoms with E-state index in [2.05, 4.69) is 25.7 Å². The van der Waals surface area contributed by atoms with Crippen molar-refractivity contribution in [2.24, 2.45) is 15.3 Å². The van der Waals surface area contributed by atoms with E-state index in [1.165, 1.54) is 24.3 Å². The van der Waals surface area contributed by atoms with Crippen LogP contribution in [0.4, 0.5) is 22.7 Å². The number of anilines is 2. The molecule has 0 radical (unpaired) electrons. The number of hydrogen-bond acceptors (Lipinski definition) is 6. The van der Waals surface area contributed by atoms with E-state index in [0.717, 1.165) is 16.9 Å². The largest absolute Gasteiger partial charge is 0.369 e. The number of halogens is 2. The van der Waals surface area contributed by atoms with Crippen LogP contribution in [0.25, 0.3) is 0 Å². The first-order valence-corrected chi connectivity index (χ1v) is 11.2. The molecule has 0 unspecified atom stereocenters. The van der Waals surface area contributed by atoms with Gasteiger partial charge in [0.25, 0.3) is 5.69 Å². The van der Waals surface area contributed by atoms with Gasteiger partial charge in [-0.05, 0) is 36.4 Å². The number of hydrazone groups is 1. The van der Waals surface area contributed by atoms with Crippen LogP contribution in [-0.4, -0.2) is 35.6 Å². The highest BCUT2D eigenvalue weighted by Crippen LogP contribution is 2.20. The molecule has 0 bridgehead atoms. The van der Waals surface area contributed by atoms with E-state index in [1.807, 2.05) is 54.6 Å². The van der Waals surface area contributed by atoms with Crippen molar-refractivity contribution in [2.75, 3.05) is 35.2 Å². The van der Waals surface area contributed by atoms with Crippen molar-refractivity contribution >= 4 is 51.8 Å². The van der Waals surface area contributed by atoms with Crippen LogP contribution in [0.2, 0.25) is 0 Å². The highest BCUT2D eigenvalue weighted by molar-refractivity contribution is 6.18. The number of rotatable bonds is 10. The van der Waals surface area contributed by atoms with E-state index >= 15 is 0 Å². The maximum atomic E-state index is 10.8. The Balaban J connectivity index is 1.78. The molecule has 0 saturated carbocycles. The summed E-state index contributed by atoms with van der Waals surface area (Å²) >= 11 is 11.8. The van der Waals surface area contributed by atoms with E-state index in [1.54, 1.807) is 0 Å². The number of azo groups is 1. The molecule has 0 atom stereocenters. The molecule has 1 N–H and O–H groups in total. The molecule has 10 heteroatoms. The minimum absolute atomic E-state index is 0.00771. The van der Waals surface area contributed by atoms with Crippen molar-refractivity contribution in [1.29, 1.82) is 0 Å². The van der Waals surface area contributed by atoms with Gasteiger partial charge in [0, 0.05) is 48.2 Å². The minimum Gasteiger partial charge on any atom is -0.369 e. The van der Waals surface area contributed by atoms with Crippen molar-refractivity contribution in [3.63, 3.8) is 0 Å². The summed E-state index contributed by atoms with van der Waals surface area (Å²) < 4.78 is 0. The van der Waals surface area contributed by atoms with Crippen molar-refractivity contribution in [3.05, 3.63) is 94.5 Å². The van der Waals surface area contributed by atoms with Crippen molar-refractivity contribution in [3.8, 4) is 0 Å². The van der Waals surface area contributed by atoms with Crippen LogP contribution in [0.1, 0.15) is 5.56 Å². The monoisotopic (exact) mass is 484 g/mol. The summed E-state index contributed by atoms with van der Waals surface area (Å²) in [6, 6.07) is 23.0. The van der Waals surface area contributed by atoms with E-state index < -0.39 is 4.92 Å². The third kappa shape index (κ3) is 7.27.